The number of pyridine rings is 1. The van der Waals surface area contributed by atoms with Gasteiger partial charge in [-0.05, 0) is 0 Å². The second kappa shape index (κ2) is 9.22. The minimum atomic E-state index is -0.610. The molecule has 130 valence electrons. The first-order chi connectivity index (χ1) is 11.0. The molecule has 0 unspecified atom stereocenters. The number of rotatable bonds is 8. The van der Waals surface area contributed by atoms with Gasteiger partial charge in [0.2, 0.25) is 0 Å². The molecule has 0 fully saturated rings. The Bertz CT molecular complexity index is 505. The fourth-order valence-corrected chi connectivity index (χ4v) is 5.19. The van der Waals surface area contributed by atoms with E-state index in [2.05, 4.69) is 11.9 Å². The Balaban J connectivity index is 1.86. The van der Waals surface area contributed by atoms with Crippen LogP contribution in [0.2, 0.25) is 4.47 Å². The first-order valence-corrected chi connectivity index (χ1v) is 11.4. The molecule has 2 heterocycles. The van der Waals surface area contributed by atoms with Gasteiger partial charge in [0.1, 0.15) is 0 Å². The van der Waals surface area contributed by atoms with E-state index in [0.29, 0.717) is 19.0 Å². The van der Waals surface area contributed by atoms with Crippen LogP contribution in [0.3, 0.4) is 0 Å². The minimum absolute atomic E-state index is 0.359. The number of ether oxygens (including phenoxy) is 2. The fraction of sp³-hybridized carbons (Fsp3) is 0.722. The first-order valence-electron chi connectivity index (χ1n) is 8.64. The number of hydrogen-bond acceptors (Lipinski definition) is 4. The van der Waals surface area contributed by atoms with E-state index in [4.69, 9.17) is 9.47 Å². The molecule has 0 saturated heterocycles. The van der Waals surface area contributed by atoms with E-state index in [1.807, 2.05) is 20.0 Å². The maximum atomic E-state index is 10.5. The van der Waals surface area contributed by atoms with Crippen molar-refractivity contribution in [3.05, 3.63) is 17.3 Å². The molecule has 0 spiro atoms. The molecular weight excluding hydrogens is 406 g/mol. The molecule has 0 atom stereocenters. The Labute approximate surface area is 150 Å². The number of nitrogens with zero attached hydrogens (tertiary/aromatic N) is 1. The summed E-state index contributed by atoms with van der Waals surface area (Å²) in [6.07, 6.45) is 9.77. The van der Waals surface area contributed by atoms with Crippen molar-refractivity contribution in [2.45, 2.75) is 82.8 Å². The van der Waals surface area contributed by atoms with Crippen LogP contribution in [0.25, 0.3) is 0 Å². The summed E-state index contributed by atoms with van der Waals surface area (Å²) in [6, 6.07) is 0. The Morgan fingerprint density at radius 3 is 2.61 bits per heavy atom. The average molecular weight is 435 g/mol. The van der Waals surface area contributed by atoms with Crippen molar-refractivity contribution in [2.24, 2.45) is 0 Å². The molecule has 1 aliphatic rings. The fourth-order valence-electron chi connectivity index (χ4n) is 2.54. The van der Waals surface area contributed by atoms with Crippen LogP contribution in [-0.2, 0) is 22.7 Å². The SMILES string of the molecule is CCCCCCCC[Te]c1ncc2c(c1O)COC(C)(C)OC2. The van der Waals surface area contributed by atoms with E-state index >= 15 is 0 Å². The van der Waals surface area contributed by atoms with E-state index in [9.17, 15) is 5.11 Å². The van der Waals surface area contributed by atoms with Crippen LogP contribution in [0.4, 0.5) is 0 Å². The summed E-state index contributed by atoms with van der Waals surface area (Å²) in [6.45, 7) is 6.89. The summed E-state index contributed by atoms with van der Waals surface area (Å²) in [5.41, 5.74) is 1.82. The predicted octanol–water partition coefficient (Wildman–Crippen LogP) is 3.68. The molecule has 1 aromatic heterocycles. The van der Waals surface area contributed by atoms with Gasteiger partial charge >= 0.3 is 150 Å². The number of aromatic nitrogens is 1. The summed E-state index contributed by atoms with van der Waals surface area (Å²) in [5.74, 6) is -0.252. The Hall–Kier alpha value is -0.340. The number of fused-ring (bicyclic) bond motifs is 1. The summed E-state index contributed by atoms with van der Waals surface area (Å²) < 4.78 is 13.6. The van der Waals surface area contributed by atoms with E-state index in [0.717, 1.165) is 14.9 Å². The van der Waals surface area contributed by atoms with Crippen molar-refractivity contribution >= 4 is 24.7 Å². The molecule has 1 N–H and O–H groups in total. The normalized spacial score (nSPS) is 16.8. The van der Waals surface area contributed by atoms with Crippen LogP contribution in [-0.4, -0.2) is 36.8 Å². The van der Waals surface area contributed by atoms with Crippen molar-refractivity contribution in [3.8, 4) is 5.75 Å². The average Bonchev–Trinajstić information content (AvgIpc) is 2.68. The third kappa shape index (κ3) is 5.90. The second-order valence-electron chi connectivity index (χ2n) is 6.51. The Morgan fingerprint density at radius 1 is 1.13 bits per heavy atom. The van der Waals surface area contributed by atoms with Crippen molar-refractivity contribution in [3.63, 3.8) is 0 Å². The molecular formula is C18H29NO3Te. The molecule has 4 nitrogen and oxygen atoms in total. The quantitative estimate of drug-likeness (QED) is 0.501. The second-order valence-corrected chi connectivity index (χ2v) is 9.60. The van der Waals surface area contributed by atoms with E-state index in [-0.39, 0.29) is 0 Å². The third-order valence-corrected chi connectivity index (χ3v) is 7.13. The Morgan fingerprint density at radius 2 is 1.83 bits per heavy atom. The summed E-state index contributed by atoms with van der Waals surface area (Å²) in [4.78, 5) is 4.50. The molecule has 1 aromatic rings. The van der Waals surface area contributed by atoms with Crippen molar-refractivity contribution in [1.82, 2.24) is 4.98 Å². The number of aromatic hydroxyl groups is 1. The molecule has 2 rings (SSSR count). The van der Waals surface area contributed by atoms with Crippen molar-refractivity contribution in [2.75, 3.05) is 0 Å². The van der Waals surface area contributed by atoms with Crippen LogP contribution in [0.1, 0.15) is 70.4 Å². The van der Waals surface area contributed by atoms with Gasteiger partial charge in [-0.25, -0.2) is 0 Å². The first kappa shape index (κ1) is 19.0. The maximum absolute atomic E-state index is 10.5. The van der Waals surface area contributed by atoms with E-state index in [1.165, 1.54) is 43.0 Å². The van der Waals surface area contributed by atoms with Crippen LogP contribution < -0.4 is 3.74 Å². The zero-order chi connectivity index (χ0) is 16.7. The molecule has 23 heavy (non-hydrogen) atoms. The standard InChI is InChI=1S/C18H29NO3Te/c1-4-5-6-7-8-9-10-23-17-16(20)15-13-22-18(2,3)21-12-14(15)11-19-17/h11,20H,4-10,12-13H2,1-3H3. The van der Waals surface area contributed by atoms with Gasteiger partial charge in [0.15, 0.2) is 0 Å². The van der Waals surface area contributed by atoms with Crippen molar-refractivity contribution < 1.29 is 14.6 Å². The van der Waals surface area contributed by atoms with Crippen LogP contribution >= 0.6 is 0 Å². The monoisotopic (exact) mass is 437 g/mol. The predicted molar refractivity (Wildman–Crippen MR) is 93.1 cm³/mol. The molecule has 0 amide bonds. The molecule has 0 saturated carbocycles. The van der Waals surface area contributed by atoms with Crippen LogP contribution in [0, 0.1) is 0 Å². The van der Waals surface area contributed by atoms with E-state index < -0.39 is 26.7 Å². The van der Waals surface area contributed by atoms with Gasteiger partial charge in [-0.3, -0.25) is 0 Å². The van der Waals surface area contributed by atoms with Gasteiger partial charge in [0, 0.05) is 0 Å². The van der Waals surface area contributed by atoms with Crippen LogP contribution in [0.15, 0.2) is 6.20 Å². The number of unbranched alkanes of at least 4 members (excludes halogenated alkanes) is 5. The molecule has 5 heteroatoms. The molecule has 0 bridgehead atoms. The zero-order valence-corrected chi connectivity index (χ0v) is 16.9. The van der Waals surface area contributed by atoms with Gasteiger partial charge < -0.3 is 0 Å². The van der Waals surface area contributed by atoms with Gasteiger partial charge in [-0.1, -0.05) is 0 Å². The summed E-state index contributed by atoms with van der Waals surface area (Å²) in [7, 11) is 0. The van der Waals surface area contributed by atoms with Crippen molar-refractivity contribution in [1.29, 1.82) is 0 Å². The molecule has 0 aromatic carbocycles. The summed E-state index contributed by atoms with van der Waals surface area (Å²) >= 11 is -0.421. The topological polar surface area (TPSA) is 51.6 Å². The van der Waals surface area contributed by atoms with Crippen LogP contribution in [0.5, 0.6) is 5.75 Å². The van der Waals surface area contributed by atoms with E-state index in [1.54, 1.807) is 0 Å². The van der Waals surface area contributed by atoms with Gasteiger partial charge in [-0.2, -0.15) is 0 Å². The number of hydrogen-bond donors (Lipinski definition) is 1. The zero-order valence-electron chi connectivity index (χ0n) is 14.6. The molecule has 0 radical (unpaired) electrons. The Kier molecular flexibility index (Phi) is 7.62. The molecule has 0 aliphatic carbocycles. The third-order valence-electron chi connectivity index (χ3n) is 4.09. The van der Waals surface area contributed by atoms with Gasteiger partial charge in [-0.15, -0.1) is 0 Å². The van der Waals surface area contributed by atoms with Gasteiger partial charge in [0.25, 0.3) is 0 Å². The molecule has 1 aliphatic heterocycles. The van der Waals surface area contributed by atoms with Gasteiger partial charge in [0.05, 0.1) is 0 Å². The summed E-state index contributed by atoms with van der Waals surface area (Å²) in [5, 5.41) is 10.5.